The molecule has 1 heterocycles. The fraction of sp³-hybridized carbons (Fsp3) is 0.250. The van der Waals surface area contributed by atoms with Crippen LogP contribution in [0.3, 0.4) is 0 Å². The van der Waals surface area contributed by atoms with Gasteiger partial charge in [-0.15, -0.1) is 11.3 Å². The van der Waals surface area contributed by atoms with Gasteiger partial charge in [-0.25, -0.2) is 4.79 Å². The van der Waals surface area contributed by atoms with Gasteiger partial charge >= 0.3 is 5.97 Å². The van der Waals surface area contributed by atoms with Crippen molar-refractivity contribution in [2.75, 3.05) is 11.9 Å². The first-order chi connectivity index (χ1) is 10.4. The normalized spacial score (nSPS) is 10.3. The lowest BCUT2D eigenvalue weighted by Gasteiger charge is -2.10. The summed E-state index contributed by atoms with van der Waals surface area (Å²) in [5, 5.41) is 11.4. The van der Waals surface area contributed by atoms with E-state index < -0.39 is 5.97 Å². The van der Waals surface area contributed by atoms with Crippen LogP contribution in [0.15, 0.2) is 24.3 Å². The van der Waals surface area contributed by atoms with E-state index in [-0.39, 0.29) is 12.5 Å². The molecule has 0 fully saturated rings. The van der Waals surface area contributed by atoms with E-state index in [9.17, 15) is 9.59 Å². The predicted octanol–water partition coefficient (Wildman–Crippen LogP) is 3.39. The predicted molar refractivity (Wildman–Crippen MR) is 86.1 cm³/mol. The van der Waals surface area contributed by atoms with E-state index in [1.807, 2.05) is 26.8 Å². The molecule has 0 saturated carbocycles. The van der Waals surface area contributed by atoms with Crippen LogP contribution in [-0.2, 0) is 4.79 Å². The number of hydrogen-bond donors (Lipinski definition) is 2. The van der Waals surface area contributed by atoms with Crippen LogP contribution in [-0.4, -0.2) is 23.6 Å². The molecule has 5 nitrogen and oxygen atoms in total. The molecule has 0 spiro atoms. The van der Waals surface area contributed by atoms with Crippen LogP contribution in [0.25, 0.3) is 0 Å². The van der Waals surface area contributed by atoms with Crippen molar-refractivity contribution in [1.82, 2.24) is 0 Å². The minimum atomic E-state index is -1.03. The summed E-state index contributed by atoms with van der Waals surface area (Å²) < 4.78 is 5.10. The topological polar surface area (TPSA) is 75.6 Å². The molecule has 0 saturated heterocycles. The van der Waals surface area contributed by atoms with Gasteiger partial charge in [-0.1, -0.05) is 0 Å². The summed E-state index contributed by atoms with van der Waals surface area (Å²) >= 11 is 1.46. The van der Waals surface area contributed by atoms with Gasteiger partial charge in [0.25, 0.3) is 5.91 Å². The quantitative estimate of drug-likeness (QED) is 0.886. The molecule has 0 bridgehead atoms. The lowest BCUT2D eigenvalue weighted by Crippen LogP contribution is -2.12. The first-order valence-corrected chi connectivity index (χ1v) is 7.52. The molecule has 1 amide bonds. The van der Waals surface area contributed by atoms with Gasteiger partial charge in [0.05, 0.1) is 4.88 Å². The Kier molecular flexibility index (Phi) is 4.82. The van der Waals surface area contributed by atoms with Crippen molar-refractivity contribution >= 4 is 28.9 Å². The molecule has 0 radical (unpaired) electrons. The zero-order valence-electron chi connectivity index (χ0n) is 12.6. The third-order valence-corrected chi connectivity index (χ3v) is 4.35. The molecule has 6 heteroatoms. The van der Waals surface area contributed by atoms with E-state index in [1.165, 1.54) is 11.3 Å². The van der Waals surface area contributed by atoms with E-state index >= 15 is 0 Å². The van der Waals surface area contributed by atoms with Crippen LogP contribution < -0.4 is 10.1 Å². The highest BCUT2D eigenvalue weighted by Gasteiger charge is 2.12. The largest absolute Gasteiger partial charge is 0.482 e. The zero-order valence-corrected chi connectivity index (χ0v) is 13.4. The Hall–Kier alpha value is -2.34. The number of rotatable bonds is 5. The number of carboxylic acid groups (broad SMARTS) is 1. The van der Waals surface area contributed by atoms with Gasteiger partial charge in [-0.3, -0.25) is 4.79 Å². The molecule has 0 atom stereocenters. The molecule has 22 heavy (non-hydrogen) atoms. The number of carboxylic acids is 1. The Morgan fingerprint density at radius 3 is 2.45 bits per heavy atom. The van der Waals surface area contributed by atoms with E-state index in [0.29, 0.717) is 16.3 Å². The van der Waals surface area contributed by atoms with E-state index in [2.05, 4.69) is 5.32 Å². The lowest BCUT2D eigenvalue weighted by molar-refractivity contribution is -0.139. The molecule has 0 aliphatic carbocycles. The Labute approximate surface area is 132 Å². The molecule has 0 aliphatic rings. The van der Waals surface area contributed by atoms with Crippen molar-refractivity contribution in [1.29, 1.82) is 0 Å². The second kappa shape index (κ2) is 6.62. The van der Waals surface area contributed by atoms with Crippen LogP contribution in [0, 0.1) is 20.8 Å². The smallest absolute Gasteiger partial charge is 0.341 e. The summed E-state index contributed by atoms with van der Waals surface area (Å²) in [6, 6.07) is 6.91. The second-order valence-electron chi connectivity index (χ2n) is 4.96. The SMILES string of the molecule is Cc1cc(OCC(=O)O)ccc1NC(=O)c1cc(C)c(C)s1. The molecule has 1 aromatic carbocycles. The Morgan fingerprint density at radius 1 is 1.18 bits per heavy atom. The van der Waals surface area contributed by atoms with E-state index in [0.717, 1.165) is 16.0 Å². The molecule has 1 aromatic heterocycles. The minimum Gasteiger partial charge on any atom is -0.482 e. The summed E-state index contributed by atoms with van der Waals surface area (Å²) in [6.45, 7) is 5.39. The van der Waals surface area contributed by atoms with Gasteiger partial charge in [0, 0.05) is 10.6 Å². The van der Waals surface area contributed by atoms with Gasteiger partial charge in [0.15, 0.2) is 6.61 Å². The average Bonchev–Trinajstić information content (AvgIpc) is 2.79. The van der Waals surface area contributed by atoms with Gasteiger partial charge < -0.3 is 15.2 Å². The van der Waals surface area contributed by atoms with Crippen LogP contribution in [0.1, 0.15) is 25.7 Å². The van der Waals surface area contributed by atoms with E-state index in [4.69, 9.17) is 9.84 Å². The maximum atomic E-state index is 12.2. The number of carbonyl (C=O) groups is 2. The van der Waals surface area contributed by atoms with Crippen molar-refractivity contribution in [3.8, 4) is 5.75 Å². The number of carbonyl (C=O) groups excluding carboxylic acids is 1. The number of thiophene rings is 1. The lowest BCUT2D eigenvalue weighted by atomic mass is 10.2. The van der Waals surface area contributed by atoms with Crippen molar-refractivity contribution in [2.24, 2.45) is 0 Å². The van der Waals surface area contributed by atoms with Crippen molar-refractivity contribution in [3.63, 3.8) is 0 Å². The first kappa shape index (κ1) is 16.0. The Bertz CT molecular complexity index is 701. The monoisotopic (exact) mass is 319 g/mol. The van der Waals surface area contributed by atoms with Gasteiger partial charge in [0.1, 0.15) is 5.75 Å². The molecule has 0 aliphatic heterocycles. The number of anilines is 1. The molecule has 2 rings (SSSR count). The zero-order chi connectivity index (χ0) is 16.3. The van der Waals surface area contributed by atoms with Gasteiger partial charge in [0.2, 0.25) is 0 Å². The minimum absolute atomic E-state index is 0.150. The summed E-state index contributed by atoms with van der Waals surface area (Å²) in [4.78, 5) is 24.5. The summed E-state index contributed by atoms with van der Waals surface area (Å²) in [5.41, 5.74) is 2.59. The fourth-order valence-electron chi connectivity index (χ4n) is 1.88. The molecular weight excluding hydrogens is 302 g/mol. The van der Waals surface area contributed by atoms with Gasteiger partial charge in [-0.05, 0) is 56.2 Å². The number of hydrogen-bond acceptors (Lipinski definition) is 4. The summed E-state index contributed by atoms with van der Waals surface area (Å²) in [5.74, 6) is -0.720. The highest BCUT2D eigenvalue weighted by molar-refractivity contribution is 7.14. The third-order valence-electron chi connectivity index (χ3n) is 3.20. The number of aliphatic carboxylic acids is 1. The van der Waals surface area contributed by atoms with Crippen LogP contribution in [0.4, 0.5) is 5.69 Å². The van der Waals surface area contributed by atoms with Crippen LogP contribution in [0.5, 0.6) is 5.75 Å². The molecule has 2 N–H and O–H groups in total. The van der Waals surface area contributed by atoms with Crippen LogP contribution >= 0.6 is 11.3 Å². The molecule has 2 aromatic rings. The second-order valence-corrected chi connectivity index (χ2v) is 6.22. The first-order valence-electron chi connectivity index (χ1n) is 6.70. The van der Waals surface area contributed by atoms with Crippen molar-refractivity contribution in [2.45, 2.75) is 20.8 Å². The van der Waals surface area contributed by atoms with Crippen LogP contribution in [0.2, 0.25) is 0 Å². The Balaban J connectivity index is 2.09. The molecular formula is C16H17NO4S. The average molecular weight is 319 g/mol. The number of aryl methyl sites for hydroxylation is 3. The maximum absolute atomic E-state index is 12.2. The van der Waals surface area contributed by atoms with Crippen molar-refractivity contribution in [3.05, 3.63) is 45.1 Å². The number of nitrogens with one attached hydrogen (secondary N) is 1. The highest BCUT2D eigenvalue weighted by Crippen LogP contribution is 2.25. The standard InChI is InChI=1S/C16H17NO4S/c1-9-7-14(22-11(9)3)16(20)17-13-5-4-12(6-10(13)2)21-8-15(18)19/h4-7H,8H2,1-3H3,(H,17,20)(H,18,19). The van der Waals surface area contributed by atoms with Gasteiger partial charge in [-0.2, -0.15) is 0 Å². The highest BCUT2D eigenvalue weighted by atomic mass is 32.1. The number of benzene rings is 1. The summed E-state index contributed by atoms with van der Waals surface area (Å²) in [7, 11) is 0. The Morgan fingerprint density at radius 2 is 1.91 bits per heavy atom. The summed E-state index contributed by atoms with van der Waals surface area (Å²) in [6.07, 6.45) is 0. The maximum Gasteiger partial charge on any atom is 0.341 e. The molecule has 116 valence electrons. The number of amides is 1. The third kappa shape index (κ3) is 3.85. The number of ether oxygens (including phenoxy) is 1. The van der Waals surface area contributed by atoms with Crippen molar-refractivity contribution < 1.29 is 19.4 Å². The fourth-order valence-corrected chi connectivity index (χ4v) is 2.81. The molecule has 0 unspecified atom stereocenters. The van der Waals surface area contributed by atoms with E-state index in [1.54, 1.807) is 18.2 Å².